The molecule has 1 N–H and O–H groups in total. The minimum atomic E-state index is 0.154. The summed E-state index contributed by atoms with van der Waals surface area (Å²) in [7, 11) is 0. The first-order chi connectivity index (χ1) is 32.1. The number of para-hydroxylation sites is 1. The fraction of sp³-hybridized carbons (Fsp3) is 0. The first kappa shape index (κ1) is 37.2. The molecular weight excluding hydrogens is 816 g/mol. The van der Waals surface area contributed by atoms with Gasteiger partial charge in [0.2, 0.25) is 5.28 Å². The van der Waals surface area contributed by atoms with E-state index in [9.17, 15) is 0 Å². The fourth-order valence-corrected chi connectivity index (χ4v) is 9.81. The number of fused-ring (bicyclic) bond motifs is 10. The van der Waals surface area contributed by atoms with Crippen molar-refractivity contribution in [3.8, 4) is 67.3 Å². The molecule has 0 spiro atoms. The molecule has 0 unspecified atom stereocenters. The lowest BCUT2D eigenvalue weighted by atomic mass is 9.94. The van der Waals surface area contributed by atoms with Gasteiger partial charge >= 0.3 is 0 Å². The van der Waals surface area contributed by atoms with Crippen LogP contribution in [-0.4, -0.2) is 19.9 Å². The SMILES string of the molecule is Clc1nc(-c2ccc(-c3ccccc3)cc2)nc(-c2ccc(-c3ccc(-c4cc5ccccc5c5c4oc4cc(-c6cccc7c6[nH]c6ccc8ccccc8c67)ccc45)cc3)cc2)n1. The number of furan rings is 1. The Labute approximate surface area is 378 Å². The second kappa shape index (κ2) is 14.9. The number of nitrogens with zero attached hydrogens (tertiary/aromatic N) is 3. The summed E-state index contributed by atoms with van der Waals surface area (Å²) in [4.78, 5) is 17.5. The third kappa shape index (κ3) is 6.28. The molecule has 0 aliphatic heterocycles. The minimum Gasteiger partial charge on any atom is -0.455 e. The van der Waals surface area contributed by atoms with Crippen LogP contribution in [0.4, 0.5) is 0 Å². The minimum absolute atomic E-state index is 0.154. The molecule has 0 radical (unpaired) electrons. The van der Waals surface area contributed by atoms with E-state index >= 15 is 0 Å². The first-order valence-electron chi connectivity index (χ1n) is 21.7. The molecule has 13 aromatic rings. The molecule has 6 heteroatoms. The van der Waals surface area contributed by atoms with E-state index in [1.165, 1.54) is 32.3 Å². The van der Waals surface area contributed by atoms with Gasteiger partial charge in [-0.2, -0.15) is 9.97 Å². The van der Waals surface area contributed by atoms with Crippen LogP contribution in [0, 0.1) is 0 Å². The van der Waals surface area contributed by atoms with Gasteiger partial charge in [0.05, 0.1) is 5.52 Å². The van der Waals surface area contributed by atoms with Crippen molar-refractivity contribution in [2.45, 2.75) is 0 Å². The van der Waals surface area contributed by atoms with Gasteiger partial charge in [-0.05, 0) is 90.8 Å². The van der Waals surface area contributed by atoms with Gasteiger partial charge < -0.3 is 9.40 Å². The molecule has 0 saturated heterocycles. The topological polar surface area (TPSA) is 67.6 Å². The van der Waals surface area contributed by atoms with Crippen molar-refractivity contribution in [1.29, 1.82) is 0 Å². The van der Waals surface area contributed by atoms with Crippen LogP contribution >= 0.6 is 11.6 Å². The van der Waals surface area contributed by atoms with E-state index in [2.05, 4.69) is 179 Å². The Bertz CT molecular complexity index is 3990. The predicted octanol–water partition coefficient (Wildman–Crippen LogP) is 16.4. The highest BCUT2D eigenvalue weighted by Crippen LogP contribution is 2.44. The van der Waals surface area contributed by atoms with Crippen LogP contribution < -0.4 is 0 Å². The van der Waals surface area contributed by atoms with Crippen LogP contribution in [0.5, 0.6) is 0 Å². The maximum atomic E-state index is 6.94. The van der Waals surface area contributed by atoms with Gasteiger partial charge in [0.25, 0.3) is 0 Å². The van der Waals surface area contributed by atoms with E-state index in [1.807, 2.05) is 42.5 Å². The number of hydrogen-bond acceptors (Lipinski definition) is 4. The lowest BCUT2D eigenvalue weighted by molar-refractivity contribution is 0.670. The number of rotatable bonds is 6. The summed E-state index contributed by atoms with van der Waals surface area (Å²) in [6.45, 7) is 0. The lowest BCUT2D eigenvalue weighted by Crippen LogP contribution is -1.97. The largest absolute Gasteiger partial charge is 0.455 e. The van der Waals surface area contributed by atoms with E-state index in [0.29, 0.717) is 11.6 Å². The third-order valence-corrected chi connectivity index (χ3v) is 13.0. The van der Waals surface area contributed by atoms with Crippen molar-refractivity contribution in [3.63, 3.8) is 0 Å². The molecule has 65 heavy (non-hydrogen) atoms. The molecule has 3 heterocycles. The van der Waals surface area contributed by atoms with E-state index in [-0.39, 0.29) is 5.28 Å². The molecule has 0 saturated carbocycles. The molecule has 0 aliphatic rings. The van der Waals surface area contributed by atoms with E-state index in [1.54, 1.807) is 0 Å². The van der Waals surface area contributed by atoms with Crippen molar-refractivity contribution in [1.82, 2.24) is 19.9 Å². The van der Waals surface area contributed by atoms with Crippen molar-refractivity contribution in [2.24, 2.45) is 0 Å². The van der Waals surface area contributed by atoms with Crippen LogP contribution in [0.15, 0.2) is 211 Å². The van der Waals surface area contributed by atoms with Crippen molar-refractivity contribution < 1.29 is 4.42 Å². The summed E-state index contributed by atoms with van der Waals surface area (Å²) in [5, 5.41) is 9.68. The van der Waals surface area contributed by atoms with Gasteiger partial charge in [-0.1, -0.05) is 182 Å². The number of aromatic amines is 1. The zero-order valence-corrected chi connectivity index (χ0v) is 35.5. The van der Waals surface area contributed by atoms with Gasteiger partial charge in [0.15, 0.2) is 11.6 Å². The highest BCUT2D eigenvalue weighted by atomic mass is 35.5. The Hall–Kier alpha value is -8.38. The number of hydrogen-bond donors (Lipinski definition) is 1. The number of aromatic nitrogens is 4. The molecule has 0 atom stereocenters. The summed E-state index contributed by atoms with van der Waals surface area (Å²) >= 11 is 6.47. The Morgan fingerprint density at radius 3 is 1.62 bits per heavy atom. The predicted molar refractivity (Wildman–Crippen MR) is 269 cm³/mol. The lowest BCUT2D eigenvalue weighted by Gasteiger charge is -2.09. The van der Waals surface area contributed by atoms with Gasteiger partial charge in [0, 0.05) is 49.3 Å². The molecule has 0 aliphatic carbocycles. The Balaban J connectivity index is 0.834. The molecule has 3 aromatic heterocycles. The van der Waals surface area contributed by atoms with Crippen LogP contribution in [0.2, 0.25) is 5.28 Å². The van der Waals surface area contributed by atoms with Gasteiger partial charge in [-0.3, -0.25) is 0 Å². The van der Waals surface area contributed by atoms with Gasteiger partial charge in [-0.15, -0.1) is 0 Å². The molecule has 304 valence electrons. The summed E-state index contributed by atoms with van der Waals surface area (Å²) in [6.07, 6.45) is 0. The maximum absolute atomic E-state index is 6.94. The first-order valence-corrected chi connectivity index (χ1v) is 22.1. The van der Waals surface area contributed by atoms with E-state index in [0.717, 1.165) is 88.6 Å². The second-order valence-corrected chi connectivity index (χ2v) is 16.9. The molecule has 13 rings (SSSR count). The summed E-state index contributed by atoms with van der Waals surface area (Å²) in [6, 6.07) is 72.5. The quantitative estimate of drug-likeness (QED) is 0.181. The highest BCUT2D eigenvalue weighted by molar-refractivity contribution is 6.28. The van der Waals surface area contributed by atoms with E-state index < -0.39 is 0 Å². The van der Waals surface area contributed by atoms with Crippen molar-refractivity contribution >= 4 is 76.9 Å². The molecule has 5 nitrogen and oxygen atoms in total. The Morgan fingerprint density at radius 1 is 0.369 bits per heavy atom. The van der Waals surface area contributed by atoms with Crippen LogP contribution in [0.3, 0.4) is 0 Å². The second-order valence-electron chi connectivity index (χ2n) is 16.6. The summed E-state index contributed by atoms with van der Waals surface area (Å²) in [5.41, 5.74) is 14.6. The smallest absolute Gasteiger partial charge is 0.226 e. The molecule has 0 amide bonds. The standard InChI is InChI=1S/C59H35ClN4O/c60-59-63-57(41-25-19-36(20-26-41)35-9-2-1-3-10-35)62-58(64-59)42-27-21-38(22-28-42)37-17-23-40(24-18-37)50-33-43-12-5-7-14-46(43)54-48-31-29-44(34-52(48)65-56(50)54)47-15-8-16-49-53-45-13-6-4-11-39(45)30-32-51(53)61-55(47)49/h1-34,61H. The number of benzene rings is 10. The monoisotopic (exact) mass is 850 g/mol. The van der Waals surface area contributed by atoms with Crippen LogP contribution in [0.1, 0.15) is 0 Å². The molecule has 0 fully saturated rings. The van der Waals surface area contributed by atoms with Crippen LogP contribution in [0.25, 0.3) is 133 Å². The highest BCUT2D eigenvalue weighted by Gasteiger charge is 2.19. The van der Waals surface area contributed by atoms with E-state index in [4.69, 9.17) is 21.0 Å². The Kier molecular flexibility index (Phi) is 8.51. The van der Waals surface area contributed by atoms with Crippen molar-refractivity contribution in [2.75, 3.05) is 0 Å². The number of halogens is 1. The zero-order chi connectivity index (χ0) is 43.0. The zero-order valence-electron chi connectivity index (χ0n) is 34.8. The normalized spacial score (nSPS) is 11.8. The summed E-state index contributed by atoms with van der Waals surface area (Å²) < 4.78 is 6.94. The number of H-pyrrole nitrogens is 1. The average Bonchev–Trinajstić information content (AvgIpc) is 3.96. The average molecular weight is 851 g/mol. The Morgan fingerprint density at radius 2 is 0.923 bits per heavy atom. The van der Waals surface area contributed by atoms with Crippen molar-refractivity contribution in [3.05, 3.63) is 212 Å². The molecule has 10 aromatic carbocycles. The maximum Gasteiger partial charge on any atom is 0.226 e. The van der Waals surface area contributed by atoms with Crippen LogP contribution in [-0.2, 0) is 0 Å². The number of nitrogens with one attached hydrogen (secondary N) is 1. The summed E-state index contributed by atoms with van der Waals surface area (Å²) in [5.74, 6) is 1.06. The molecule has 0 bridgehead atoms. The fourth-order valence-electron chi connectivity index (χ4n) is 9.65. The van der Waals surface area contributed by atoms with Gasteiger partial charge in [-0.25, -0.2) is 4.98 Å². The van der Waals surface area contributed by atoms with Gasteiger partial charge in [0.1, 0.15) is 11.2 Å². The molecular formula is C59H35ClN4O. The third-order valence-electron chi connectivity index (χ3n) is 12.8.